The summed E-state index contributed by atoms with van der Waals surface area (Å²) in [5.41, 5.74) is 2.59. The number of hydrogen-bond acceptors (Lipinski definition) is 5. The van der Waals surface area contributed by atoms with Crippen molar-refractivity contribution >= 4 is 53.6 Å². The standard InChI is InChI=1S/C23H15IO4S/c1-28-17-10-11-18-19(12-17)29-22(14-2-4-15(5-3-14)23(24)27)20(18)21(26)13-6-8-16(25)9-7-13/h2-12,25H,1H3. The Balaban J connectivity index is 1.92. The van der Waals surface area contributed by atoms with Crippen molar-refractivity contribution in [1.29, 1.82) is 0 Å². The van der Waals surface area contributed by atoms with Crippen molar-refractivity contribution in [2.45, 2.75) is 0 Å². The van der Waals surface area contributed by atoms with E-state index in [0.29, 0.717) is 16.7 Å². The number of ether oxygens (including phenoxy) is 1. The summed E-state index contributed by atoms with van der Waals surface area (Å²) in [7, 11) is 1.61. The average Bonchev–Trinajstić information content (AvgIpc) is 3.12. The van der Waals surface area contributed by atoms with Crippen molar-refractivity contribution in [3.05, 3.63) is 83.4 Å². The van der Waals surface area contributed by atoms with Crippen LogP contribution in [0.3, 0.4) is 0 Å². The Morgan fingerprint density at radius 3 is 2.21 bits per heavy atom. The Labute approximate surface area is 184 Å². The second kappa shape index (κ2) is 7.96. The van der Waals surface area contributed by atoms with E-state index in [0.717, 1.165) is 26.3 Å². The zero-order chi connectivity index (χ0) is 20.5. The number of carbonyl (C=O) groups excluding carboxylic acids is 2. The number of phenolic OH excluding ortho intramolecular Hbond substituents is 1. The largest absolute Gasteiger partial charge is 0.508 e. The molecule has 3 aromatic carbocycles. The van der Waals surface area contributed by atoms with E-state index in [-0.39, 0.29) is 15.3 Å². The predicted molar refractivity (Wildman–Crippen MR) is 124 cm³/mol. The molecule has 1 heterocycles. The highest BCUT2D eigenvalue weighted by atomic mass is 127. The van der Waals surface area contributed by atoms with Crippen LogP contribution in [0.4, 0.5) is 0 Å². The molecule has 144 valence electrons. The van der Waals surface area contributed by atoms with Gasteiger partial charge in [-0.25, -0.2) is 0 Å². The maximum absolute atomic E-state index is 13.4. The van der Waals surface area contributed by atoms with E-state index in [4.69, 9.17) is 4.74 Å². The van der Waals surface area contributed by atoms with E-state index in [1.165, 1.54) is 23.5 Å². The second-order valence-corrected chi connectivity index (χ2v) is 8.43. The first-order valence-electron chi connectivity index (χ1n) is 8.72. The number of aromatic hydroxyl groups is 1. The summed E-state index contributed by atoms with van der Waals surface area (Å²) >= 11 is 3.27. The van der Waals surface area contributed by atoms with E-state index in [1.807, 2.05) is 30.3 Å². The van der Waals surface area contributed by atoms with Crippen LogP contribution < -0.4 is 4.74 Å². The van der Waals surface area contributed by atoms with Gasteiger partial charge in [0, 0.05) is 54.2 Å². The highest BCUT2D eigenvalue weighted by Gasteiger charge is 2.22. The molecule has 4 nitrogen and oxygen atoms in total. The van der Waals surface area contributed by atoms with E-state index >= 15 is 0 Å². The number of phenols is 1. The zero-order valence-electron chi connectivity index (χ0n) is 15.3. The number of rotatable bonds is 5. The first-order chi connectivity index (χ1) is 14.0. The number of fused-ring (bicyclic) bond motifs is 1. The minimum absolute atomic E-state index is 0.0318. The lowest BCUT2D eigenvalue weighted by atomic mass is 9.97. The quantitative estimate of drug-likeness (QED) is 0.199. The Hall–Kier alpha value is -2.71. The van der Waals surface area contributed by atoms with Gasteiger partial charge >= 0.3 is 0 Å². The van der Waals surface area contributed by atoms with Crippen molar-refractivity contribution < 1.29 is 19.4 Å². The maximum atomic E-state index is 13.4. The molecule has 0 saturated carbocycles. The first-order valence-corrected chi connectivity index (χ1v) is 10.6. The Morgan fingerprint density at radius 2 is 1.59 bits per heavy atom. The molecular formula is C23H15IO4S. The van der Waals surface area contributed by atoms with Crippen molar-refractivity contribution in [3.63, 3.8) is 0 Å². The number of methoxy groups -OCH3 is 1. The monoisotopic (exact) mass is 514 g/mol. The fraction of sp³-hybridized carbons (Fsp3) is 0.0435. The third-order valence-electron chi connectivity index (χ3n) is 4.63. The van der Waals surface area contributed by atoms with Crippen LogP contribution in [0.2, 0.25) is 0 Å². The van der Waals surface area contributed by atoms with Gasteiger partial charge < -0.3 is 9.84 Å². The highest BCUT2D eigenvalue weighted by molar-refractivity contribution is 14.1. The lowest BCUT2D eigenvalue weighted by molar-refractivity contribution is 0.104. The smallest absolute Gasteiger partial charge is 0.222 e. The lowest BCUT2D eigenvalue weighted by Crippen LogP contribution is -2.02. The molecule has 0 spiro atoms. The van der Waals surface area contributed by atoms with Crippen LogP contribution in [0.5, 0.6) is 11.5 Å². The van der Waals surface area contributed by atoms with Gasteiger partial charge in [-0.15, -0.1) is 11.3 Å². The van der Waals surface area contributed by atoms with Crippen LogP contribution in [-0.2, 0) is 0 Å². The number of benzene rings is 3. The SMILES string of the molecule is COc1ccc2c(C(=O)c3ccc(O)cc3)c(-c3ccc(C(=O)I)cc3)sc2c1. The van der Waals surface area contributed by atoms with E-state index in [1.54, 1.807) is 54.0 Å². The molecule has 1 aromatic heterocycles. The first kappa shape index (κ1) is 19.6. The van der Waals surface area contributed by atoms with Gasteiger partial charge in [-0.2, -0.15) is 0 Å². The normalized spacial score (nSPS) is 10.8. The molecule has 6 heteroatoms. The summed E-state index contributed by atoms with van der Waals surface area (Å²) in [6.45, 7) is 0. The fourth-order valence-electron chi connectivity index (χ4n) is 3.14. The topological polar surface area (TPSA) is 63.6 Å². The van der Waals surface area contributed by atoms with Gasteiger partial charge in [0.1, 0.15) is 11.5 Å². The molecule has 0 bridgehead atoms. The number of halogens is 1. The van der Waals surface area contributed by atoms with Crippen molar-refractivity contribution in [1.82, 2.24) is 0 Å². The lowest BCUT2D eigenvalue weighted by Gasteiger charge is -2.06. The average molecular weight is 514 g/mol. The molecular weight excluding hydrogens is 499 g/mol. The molecule has 0 aliphatic rings. The van der Waals surface area contributed by atoms with Crippen LogP contribution >= 0.6 is 33.9 Å². The number of carbonyl (C=O) groups is 2. The molecule has 29 heavy (non-hydrogen) atoms. The molecule has 0 saturated heterocycles. The van der Waals surface area contributed by atoms with Crippen LogP contribution in [0, 0.1) is 0 Å². The molecule has 0 aliphatic carbocycles. The van der Waals surface area contributed by atoms with Crippen molar-refractivity contribution in [3.8, 4) is 21.9 Å². The molecule has 0 radical (unpaired) electrons. The zero-order valence-corrected chi connectivity index (χ0v) is 18.3. The number of thiophene rings is 1. The molecule has 1 N–H and O–H groups in total. The van der Waals surface area contributed by atoms with Crippen molar-refractivity contribution in [2.24, 2.45) is 0 Å². The second-order valence-electron chi connectivity index (χ2n) is 6.40. The summed E-state index contributed by atoms with van der Waals surface area (Å²) in [5, 5.41) is 10.4. The summed E-state index contributed by atoms with van der Waals surface area (Å²) in [4.78, 5) is 25.8. The van der Waals surface area contributed by atoms with Gasteiger partial charge in [0.05, 0.1) is 7.11 Å². The van der Waals surface area contributed by atoms with Crippen LogP contribution in [0.1, 0.15) is 26.3 Å². The predicted octanol–water partition coefficient (Wildman–Crippen LogP) is 6.09. The third-order valence-corrected chi connectivity index (χ3v) is 6.45. The van der Waals surface area contributed by atoms with Gasteiger partial charge in [-0.1, -0.05) is 12.1 Å². The minimum Gasteiger partial charge on any atom is -0.508 e. The molecule has 4 rings (SSSR count). The molecule has 0 aliphatic heterocycles. The summed E-state index contributed by atoms with van der Waals surface area (Å²) in [6, 6.07) is 19.2. The summed E-state index contributed by atoms with van der Waals surface area (Å²) in [5.74, 6) is 0.714. The van der Waals surface area contributed by atoms with Gasteiger partial charge in [0.15, 0.2) is 5.78 Å². The van der Waals surface area contributed by atoms with E-state index in [9.17, 15) is 14.7 Å². The summed E-state index contributed by atoms with van der Waals surface area (Å²) < 4.78 is 6.24. The van der Waals surface area contributed by atoms with Gasteiger partial charge in [-0.3, -0.25) is 9.59 Å². The van der Waals surface area contributed by atoms with E-state index in [2.05, 4.69) is 0 Å². The molecule has 0 amide bonds. The minimum atomic E-state index is -0.120. The summed E-state index contributed by atoms with van der Waals surface area (Å²) in [6.07, 6.45) is 0. The number of ketones is 1. The Kier molecular flexibility index (Phi) is 5.38. The molecule has 0 atom stereocenters. The molecule has 4 aromatic rings. The van der Waals surface area contributed by atoms with Gasteiger partial charge in [0.25, 0.3) is 0 Å². The maximum Gasteiger partial charge on any atom is 0.222 e. The third kappa shape index (κ3) is 3.77. The van der Waals surface area contributed by atoms with Crippen LogP contribution in [0.25, 0.3) is 20.5 Å². The number of hydrogen-bond donors (Lipinski definition) is 1. The Bertz CT molecular complexity index is 1220. The Morgan fingerprint density at radius 1 is 0.931 bits per heavy atom. The van der Waals surface area contributed by atoms with Gasteiger partial charge in [-0.05, 0) is 60.2 Å². The van der Waals surface area contributed by atoms with E-state index < -0.39 is 0 Å². The van der Waals surface area contributed by atoms with Gasteiger partial charge in [0.2, 0.25) is 3.79 Å². The molecule has 0 fully saturated rings. The highest BCUT2D eigenvalue weighted by Crippen LogP contribution is 2.41. The molecule has 0 unspecified atom stereocenters. The van der Waals surface area contributed by atoms with Crippen molar-refractivity contribution in [2.75, 3.05) is 7.11 Å². The van der Waals surface area contributed by atoms with Crippen LogP contribution in [-0.4, -0.2) is 21.8 Å². The van der Waals surface area contributed by atoms with Crippen LogP contribution in [0.15, 0.2) is 66.7 Å². The fourth-order valence-corrected chi connectivity index (χ4v) is 4.74.